The number of nitrogens with zero attached hydrogens (tertiary/aromatic N) is 1. The van der Waals surface area contributed by atoms with E-state index in [2.05, 4.69) is 10.6 Å². The van der Waals surface area contributed by atoms with E-state index in [1.54, 1.807) is 42.5 Å². The van der Waals surface area contributed by atoms with Crippen LogP contribution in [0.4, 0.5) is 25.0 Å². The maximum Gasteiger partial charge on any atom is 0.335 e. The number of carboxylic acids is 1. The summed E-state index contributed by atoms with van der Waals surface area (Å²) in [6.07, 6.45) is -0.735. The van der Waals surface area contributed by atoms with Crippen molar-refractivity contribution in [3.8, 4) is 11.5 Å². The van der Waals surface area contributed by atoms with E-state index in [0.717, 1.165) is 4.90 Å². The summed E-state index contributed by atoms with van der Waals surface area (Å²) in [5.74, 6) is -4.11. The number of ether oxygens (including phenoxy) is 2. The highest BCUT2D eigenvalue weighted by atomic mass is 35.5. The number of para-hydroxylation sites is 1. The van der Waals surface area contributed by atoms with Gasteiger partial charge in [-0.15, -0.1) is 0 Å². The van der Waals surface area contributed by atoms with E-state index in [1.165, 1.54) is 31.4 Å². The van der Waals surface area contributed by atoms with Crippen LogP contribution in [0.25, 0.3) is 0 Å². The summed E-state index contributed by atoms with van der Waals surface area (Å²) in [4.78, 5) is 37.6. The molecule has 0 aromatic heterocycles. The van der Waals surface area contributed by atoms with Gasteiger partial charge in [0.15, 0.2) is 0 Å². The highest BCUT2D eigenvalue weighted by Crippen LogP contribution is 2.34. The number of alkyl halides is 2. The molecule has 1 saturated heterocycles. The average molecular weight is 574 g/mol. The lowest BCUT2D eigenvalue weighted by Crippen LogP contribution is -2.40. The van der Waals surface area contributed by atoms with Crippen LogP contribution in [-0.4, -0.2) is 60.1 Å². The number of carbonyl (C=O) groups is 3. The summed E-state index contributed by atoms with van der Waals surface area (Å²) in [7, 11) is 1.40. The molecule has 12 heteroatoms. The molecule has 4 rings (SSSR count). The Balaban J connectivity index is 1.40. The van der Waals surface area contributed by atoms with Gasteiger partial charge < -0.3 is 30.1 Å². The van der Waals surface area contributed by atoms with Gasteiger partial charge in [-0.1, -0.05) is 29.8 Å². The lowest BCUT2D eigenvalue weighted by atomic mass is 10.1. The molecule has 3 aromatic rings. The van der Waals surface area contributed by atoms with Gasteiger partial charge in [0.05, 0.1) is 48.1 Å². The Morgan fingerprint density at radius 1 is 1.05 bits per heavy atom. The number of hydrogen-bond acceptors (Lipinski definition) is 5. The predicted octanol–water partition coefficient (Wildman–Crippen LogP) is 5.55. The van der Waals surface area contributed by atoms with Gasteiger partial charge in [-0.25, -0.2) is 18.4 Å². The molecule has 0 unspecified atom stereocenters. The number of aromatic carboxylic acids is 1. The molecule has 0 aliphatic carbocycles. The van der Waals surface area contributed by atoms with Crippen molar-refractivity contribution < 1.29 is 37.7 Å². The Hall–Kier alpha value is -4.38. The molecule has 0 radical (unpaired) electrons. The molecule has 40 heavy (non-hydrogen) atoms. The van der Waals surface area contributed by atoms with Crippen LogP contribution >= 0.6 is 11.6 Å². The first-order valence-corrected chi connectivity index (χ1v) is 12.6. The largest absolute Gasteiger partial charge is 0.495 e. The zero-order chi connectivity index (χ0) is 28.9. The van der Waals surface area contributed by atoms with E-state index < -0.39 is 42.8 Å². The maximum atomic E-state index is 14.3. The number of rotatable bonds is 9. The second-order valence-electron chi connectivity index (χ2n) is 9.15. The number of halogens is 3. The highest BCUT2D eigenvalue weighted by molar-refractivity contribution is 6.33. The van der Waals surface area contributed by atoms with Gasteiger partial charge in [0.2, 0.25) is 5.91 Å². The van der Waals surface area contributed by atoms with Gasteiger partial charge in [0.25, 0.3) is 5.92 Å². The van der Waals surface area contributed by atoms with Crippen molar-refractivity contribution in [3.05, 3.63) is 82.9 Å². The zero-order valence-corrected chi connectivity index (χ0v) is 22.1. The number of carbonyl (C=O) groups excluding carboxylic acids is 2. The number of benzene rings is 3. The number of methoxy groups -OCH3 is 1. The van der Waals surface area contributed by atoms with Gasteiger partial charge in [-0.2, -0.15) is 0 Å². The smallest absolute Gasteiger partial charge is 0.335 e. The molecule has 1 atom stereocenters. The Morgan fingerprint density at radius 3 is 2.42 bits per heavy atom. The number of amides is 3. The van der Waals surface area contributed by atoms with Crippen LogP contribution in [0.15, 0.2) is 66.7 Å². The monoisotopic (exact) mass is 573 g/mol. The van der Waals surface area contributed by atoms with E-state index in [-0.39, 0.29) is 24.3 Å². The summed E-state index contributed by atoms with van der Waals surface area (Å²) in [5.41, 5.74) is 1.31. The number of urea groups is 1. The zero-order valence-electron chi connectivity index (χ0n) is 21.3. The van der Waals surface area contributed by atoms with E-state index in [4.69, 9.17) is 26.2 Å². The van der Waals surface area contributed by atoms with Gasteiger partial charge in [0, 0.05) is 6.42 Å². The highest BCUT2D eigenvalue weighted by Gasteiger charge is 2.47. The second-order valence-corrected chi connectivity index (χ2v) is 9.55. The number of hydrogen-bond donors (Lipinski definition) is 3. The van der Waals surface area contributed by atoms with E-state index >= 15 is 0 Å². The molecule has 3 aromatic carbocycles. The average Bonchev–Trinajstić information content (AvgIpc) is 3.24. The van der Waals surface area contributed by atoms with Crippen molar-refractivity contribution in [2.24, 2.45) is 0 Å². The molecule has 3 N–H and O–H groups in total. The Morgan fingerprint density at radius 2 is 1.75 bits per heavy atom. The summed E-state index contributed by atoms with van der Waals surface area (Å²) in [6, 6.07) is 15.5. The fourth-order valence-electron chi connectivity index (χ4n) is 4.29. The number of nitrogens with one attached hydrogen (secondary N) is 2. The lowest BCUT2D eigenvalue weighted by Gasteiger charge is -2.24. The molecule has 9 nitrogen and oxygen atoms in total. The number of anilines is 2. The van der Waals surface area contributed by atoms with E-state index in [1.807, 2.05) is 0 Å². The Bertz CT molecular complexity index is 1400. The molecule has 1 fully saturated rings. The Labute approximate surface area is 233 Å². The molecule has 210 valence electrons. The molecule has 1 heterocycles. The van der Waals surface area contributed by atoms with Crippen LogP contribution < -0.4 is 20.1 Å². The molecule has 1 aliphatic heterocycles. The molecule has 0 saturated carbocycles. The molecule has 3 amide bonds. The van der Waals surface area contributed by atoms with Crippen molar-refractivity contribution >= 4 is 40.9 Å². The minimum atomic E-state index is -3.07. The number of carboxylic acid groups (broad SMARTS) is 1. The van der Waals surface area contributed by atoms with Crippen molar-refractivity contribution in [1.29, 1.82) is 0 Å². The molecule has 1 aliphatic rings. The Kier molecular flexibility index (Phi) is 8.73. The lowest BCUT2D eigenvalue weighted by molar-refractivity contribution is -0.133. The third kappa shape index (κ3) is 7.17. The van der Waals surface area contributed by atoms with Gasteiger partial charge in [-0.3, -0.25) is 4.79 Å². The maximum absolute atomic E-state index is 14.3. The summed E-state index contributed by atoms with van der Waals surface area (Å²) < 4.78 is 39.5. The fraction of sp³-hybridized carbons (Fsp3) is 0.250. The van der Waals surface area contributed by atoms with Crippen LogP contribution in [0.5, 0.6) is 11.5 Å². The minimum absolute atomic E-state index is 0.0643. The van der Waals surface area contributed by atoms with E-state index in [0.29, 0.717) is 27.7 Å². The van der Waals surface area contributed by atoms with Crippen LogP contribution in [0.1, 0.15) is 22.3 Å². The second kappa shape index (κ2) is 12.2. The standard InChI is InChI=1S/C28H26ClF2N3O6/c1-39-24-12-17(6-11-23(24)33-27(38)32-22-5-3-2-4-21(22)29)13-25(35)34-16-28(30,31)14-19(34)15-40-20-9-7-18(8-10-20)26(36)37/h2-12,19H,13-16H2,1H3,(H,36,37)(H2,32,33,38)/t19-/m0/s1. The van der Waals surface area contributed by atoms with Gasteiger partial charge in [-0.05, 0) is 54.1 Å². The van der Waals surface area contributed by atoms with Gasteiger partial charge >= 0.3 is 12.0 Å². The van der Waals surface area contributed by atoms with Crippen LogP contribution in [0.2, 0.25) is 5.02 Å². The minimum Gasteiger partial charge on any atom is -0.495 e. The predicted molar refractivity (Wildman–Crippen MR) is 145 cm³/mol. The van der Waals surface area contributed by atoms with Gasteiger partial charge in [0.1, 0.15) is 18.1 Å². The van der Waals surface area contributed by atoms with Crippen LogP contribution in [0, 0.1) is 0 Å². The fourth-order valence-corrected chi connectivity index (χ4v) is 4.47. The van der Waals surface area contributed by atoms with Crippen molar-refractivity contribution in [2.75, 3.05) is 30.9 Å². The normalized spacial score (nSPS) is 15.8. The summed E-state index contributed by atoms with van der Waals surface area (Å²) in [5, 5.41) is 14.7. The number of likely N-dealkylation sites (tertiary alicyclic amines) is 1. The third-order valence-corrected chi connectivity index (χ3v) is 6.56. The molecule has 0 bridgehead atoms. The summed E-state index contributed by atoms with van der Waals surface area (Å²) in [6.45, 7) is -0.919. The summed E-state index contributed by atoms with van der Waals surface area (Å²) >= 11 is 6.07. The van der Waals surface area contributed by atoms with Crippen molar-refractivity contribution in [2.45, 2.75) is 24.8 Å². The quantitative estimate of drug-likeness (QED) is 0.309. The van der Waals surface area contributed by atoms with E-state index in [9.17, 15) is 23.2 Å². The molecular formula is C28H26ClF2N3O6. The molecule has 0 spiro atoms. The van der Waals surface area contributed by atoms with Crippen molar-refractivity contribution in [1.82, 2.24) is 4.90 Å². The first-order valence-electron chi connectivity index (χ1n) is 12.2. The van der Waals surface area contributed by atoms with Crippen LogP contribution in [0.3, 0.4) is 0 Å². The van der Waals surface area contributed by atoms with Crippen LogP contribution in [-0.2, 0) is 11.2 Å². The SMILES string of the molecule is COc1cc(CC(=O)N2CC(F)(F)C[C@H]2COc2ccc(C(=O)O)cc2)ccc1NC(=O)Nc1ccccc1Cl. The van der Waals surface area contributed by atoms with Crippen molar-refractivity contribution in [3.63, 3.8) is 0 Å². The third-order valence-electron chi connectivity index (χ3n) is 6.23. The topological polar surface area (TPSA) is 117 Å². The molecular weight excluding hydrogens is 548 g/mol. The first kappa shape index (κ1) is 28.6. The first-order chi connectivity index (χ1) is 19.0.